The van der Waals surface area contributed by atoms with Crippen LogP contribution in [0.5, 0.6) is 0 Å². The van der Waals surface area contributed by atoms with Crippen LogP contribution in [0.1, 0.15) is 46.5 Å². The minimum atomic E-state index is 0.378. The summed E-state index contributed by atoms with van der Waals surface area (Å²) in [7, 11) is 0. The first kappa shape index (κ1) is 13.3. The Labute approximate surface area is 106 Å². The molecule has 1 aliphatic carbocycles. The van der Waals surface area contributed by atoms with Gasteiger partial charge in [0.05, 0.1) is 12.7 Å². The maximum absolute atomic E-state index is 5.86. The van der Waals surface area contributed by atoms with Gasteiger partial charge >= 0.3 is 0 Å². The standard InChI is InChI=1S/C14H28N2O/c1-12(2)16-8-9-17-13(11-16)10-15-14(3)6-4-5-7-14/h12-13,15H,4-11H2,1-3H3. The Kier molecular flexibility index (Phi) is 4.45. The Morgan fingerprint density at radius 3 is 2.71 bits per heavy atom. The Balaban J connectivity index is 1.75. The van der Waals surface area contributed by atoms with Crippen molar-refractivity contribution in [3.05, 3.63) is 0 Å². The zero-order valence-electron chi connectivity index (χ0n) is 11.7. The van der Waals surface area contributed by atoms with Gasteiger partial charge in [0, 0.05) is 31.2 Å². The average Bonchev–Trinajstić information content (AvgIpc) is 2.75. The molecule has 17 heavy (non-hydrogen) atoms. The highest BCUT2D eigenvalue weighted by molar-refractivity contribution is 4.89. The van der Waals surface area contributed by atoms with Crippen LogP contribution < -0.4 is 5.32 Å². The summed E-state index contributed by atoms with van der Waals surface area (Å²) in [5.41, 5.74) is 0.378. The van der Waals surface area contributed by atoms with Crippen LogP contribution in [0.2, 0.25) is 0 Å². The molecule has 2 fully saturated rings. The van der Waals surface area contributed by atoms with Gasteiger partial charge in [-0.15, -0.1) is 0 Å². The smallest absolute Gasteiger partial charge is 0.0827 e. The Bertz CT molecular complexity index is 236. The predicted molar refractivity (Wildman–Crippen MR) is 71.3 cm³/mol. The number of hydrogen-bond donors (Lipinski definition) is 1. The number of rotatable bonds is 4. The molecule has 0 aromatic carbocycles. The van der Waals surface area contributed by atoms with E-state index in [9.17, 15) is 0 Å². The van der Waals surface area contributed by atoms with E-state index in [1.807, 2.05) is 0 Å². The van der Waals surface area contributed by atoms with E-state index < -0.39 is 0 Å². The Morgan fingerprint density at radius 1 is 1.35 bits per heavy atom. The van der Waals surface area contributed by atoms with Crippen LogP contribution in [-0.2, 0) is 4.74 Å². The van der Waals surface area contributed by atoms with Crippen molar-refractivity contribution in [2.24, 2.45) is 0 Å². The minimum absolute atomic E-state index is 0.378. The van der Waals surface area contributed by atoms with Crippen molar-refractivity contribution in [3.63, 3.8) is 0 Å². The van der Waals surface area contributed by atoms with Gasteiger partial charge in [0.25, 0.3) is 0 Å². The van der Waals surface area contributed by atoms with Crippen LogP contribution in [0.3, 0.4) is 0 Å². The van der Waals surface area contributed by atoms with Crippen molar-refractivity contribution < 1.29 is 4.74 Å². The number of hydrogen-bond acceptors (Lipinski definition) is 3. The van der Waals surface area contributed by atoms with Crippen LogP contribution in [0.4, 0.5) is 0 Å². The second kappa shape index (κ2) is 5.68. The first-order valence-electron chi connectivity index (χ1n) is 7.20. The fourth-order valence-corrected chi connectivity index (χ4v) is 3.03. The van der Waals surface area contributed by atoms with Crippen molar-refractivity contribution in [2.75, 3.05) is 26.2 Å². The van der Waals surface area contributed by atoms with Crippen molar-refractivity contribution in [3.8, 4) is 0 Å². The van der Waals surface area contributed by atoms with E-state index in [0.717, 1.165) is 26.2 Å². The van der Waals surface area contributed by atoms with E-state index in [1.165, 1.54) is 25.7 Å². The molecular weight excluding hydrogens is 212 g/mol. The molecule has 1 unspecified atom stereocenters. The fraction of sp³-hybridized carbons (Fsp3) is 1.00. The summed E-state index contributed by atoms with van der Waals surface area (Å²) in [6.45, 7) is 11.0. The van der Waals surface area contributed by atoms with Crippen LogP contribution in [0.15, 0.2) is 0 Å². The van der Waals surface area contributed by atoms with Crippen LogP contribution in [0.25, 0.3) is 0 Å². The molecule has 3 heteroatoms. The van der Waals surface area contributed by atoms with Gasteiger partial charge in [-0.1, -0.05) is 12.8 Å². The second-order valence-electron chi connectivity index (χ2n) is 6.23. The third-order valence-electron chi connectivity index (χ3n) is 4.36. The summed E-state index contributed by atoms with van der Waals surface area (Å²) in [5, 5.41) is 3.74. The molecule has 2 aliphatic rings. The predicted octanol–water partition coefficient (Wildman–Crippen LogP) is 2.02. The van der Waals surface area contributed by atoms with E-state index in [4.69, 9.17) is 4.74 Å². The zero-order chi connectivity index (χ0) is 12.3. The van der Waals surface area contributed by atoms with Crippen molar-refractivity contribution in [1.29, 1.82) is 0 Å². The van der Waals surface area contributed by atoms with E-state index >= 15 is 0 Å². The summed E-state index contributed by atoms with van der Waals surface area (Å²) in [6.07, 6.45) is 5.80. The molecule has 0 bridgehead atoms. The monoisotopic (exact) mass is 240 g/mol. The molecule has 100 valence electrons. The quantitative estimate of drug-likeness (QED) is 0.813. The van der Waals surface area contributed by atoms with E-state index in [0.29, 0.717) is 17.7 Å². The SMILES string of the molecule is CC(C)N1CCOC(CNC2(C)CCCC2)C1. The van der Waals surface area contributed by atoms with E-state index in [1.54, 1.807) is 0 Å². The van der Waals surface area contributed by atoms with Gasteiger partial charge in [0.15, 0.2) is 0 Å². The lowest BCUT2D eigenvalue weighted by Crippen LogP contribution is -2.52. The van der Waals surface area contributed by atoms with Gasteiger partial charge in [-0.25, -0.2) is 0 Å². The molecule has 0 spiro atoms. The number of nitrogens with one attached hydrogen (secondary N) is 1. The molecule has 0 radical (unpaired) electrons. The number of ether oxygens (including phenoxy) is 1. The normalized spacial score (nSPS) is 30.0. The molecule has 1 atom stereocenters. The molecule has 2 rings (SSSR count). The molecule has 1 N–H and O–H groups in total. The van der Waals surface area contributed by atoms with Crippen molar-refractivity contribution in [1.82, 2.24) is 10.2 Å². The first-order valence-corrected chi connectivity index (χ1v) is 7.20. The maximum Gasteiger partial charge on any atom is 0.0827 e. The molecule has 3 nitrogen and oxygen atoms in total. The highest BCUT2D eigenvalue weighted by Crippen LogP contribution is 2.28. The lowest BCUT2D eigenvalue weighted by molar-refractivity contribution is -0.0397. The van der Waals surface area contributed by atoms with E-state index in [-0.39, 0.29) is 0 Å². The van der Waals surface area contributed by atoms with Crippen LogP contribution in [-0.4, -0.2) is 48.8 Å². The average molecular weight is 240 g/mol. The van der Waals surface area contributed by atoms with Gasteiger partial charge in [0.1, 0.15) is 0 Å². The molecule has 0 aromatic heterocycles. The summed E-state index contributed by atoms with van der Waals surface area (Å²) < 4.78 is 5.86. The summed E-state index contributed by atoms with van der Waals surface area (Å²) in [4.78, 5) is 2.52. The number of nitrogens with zero attached hydrogens (tertiary/aromatic N) is 1. The maximum atomic E-state index is 5.86. The Hall–Kier alpha value is -0.120. The fourth-order valence-electron chi connectivity index (χ4n) is 3.03. The first-order chi connectivity index (χ1) is 8.09. The van der Waals surface area contributed by atoms with Gasteiger partial charge < -0.3 is 10.1 Å². The lowest BCUT2D eigenvalue weighted by Gasteiger charge is -2.37. The van der Waals surface area contributed by atoms with Crippen molar-refractivity contribution >= 4 is 0 Å². The minimum Gasteiger partial charge on any atom is -0.374 e. The highest BCUT2D eigenvalue weighted by Gasteiger charge is 2.30. The molecule has 0 amide bonds. The molecule has 0 aromatic rings. The van der Waals surface area contributed by atoms with Gasteiger partial charge in [-0.3, -0.25) is 4.90 Å². The highest BCUT2D eigenvalue weighted by atomic mass is 16.5. The second-order valence-corrected chi connectivity index (χ2v) is 6.23. The zero-order valence-corrected chi connectivity index (χ0v) is 11.7. The van der Waals surface area contributed by atoms with Gasteiger partial charge in [-0.05, 0) is 33.6 Å². The summed E-state index contributed by atoms with van der Waals surface area (Å²) in [6, 6.07) is 0.642. The topological polar surface area (TPSA) is 24.5 Å². The third kappa shape index (κ3) is 3.67. The molecule has 1 saturated heterocycles. The van der Waals surface area contributed by atoms with Gasteiger partial charge in [0.2, 0.25) is 0 Å². The largest absolute Gasteiger partial charge is 0.374 e. The number of morpholine rings is 1. The molecule has 1 heterocycles. The van der Waals surface area contributed by atoms with Gasteiger partial charge in [-0.2, -0.15) is 0 Å². The molecule has 1 saturated carbocycles. The third-order valence-corrected chi connectivity index (χ3v) is 4.36. The molecular formula is C14H28N2O. The van der Waals surface area contributed by atoms with Crippen LogP contribution >= 0.6 is 0 Å². The lowest BCUT2D eigenvalue weighted by atomic mass is 10.0. The summed E-state index contributed by atoms with van der Waals surface area (Å²) >= 11 is 0. The molecule has 1 aliphatic heterocycles. The Morgan fingerprint density at radius 2 is 2.06 bits per heavy atom. The summed E-state index contributed by atoms with van der Waals surface area (Å²) in [5.74, 6) is 0. The van der Waals surface area contributed by atoms with Crippen LogP contribution in [0, 0.1) is 0 Å². The van der Waals surface area contributed by atoms with Crippen molar-refractivity contribution in [2.45, 2.75) is 64.1 Å². The van der Waals surface area contributed by atoms with E-state index in [2.05, 4.69) is 31.0 Å².